The SMILES string of the molecule is CCNC1CCN(Cc2ccnc(C)n2)C1. The minimum atomic E-state index is 0.660. The zero-order valence-corrected chi connectivity index (χ0v) is 10.1. The highest BCUT2D eigenvalue weighted by Crippen LogP contribution is 2.12. The molecule has 16 heavy (non-hydrogen) atoms. The van der Waals surface area contributed by atoms with E-state index in [1.807, 2.05) is 19.2 Å². The molecule has 1 N–H and O–H groups in total. The fraction of sp³-hybridized carbons (Fsp3) is 0.667. The van der Waals surface area contributed by atoms with E-state index in [0.717, 1.165) is 31.2 Å². The second kappa shape index (κ2) is 5.37. The first kappa shape index (κ1) is 11.5. The van der Waals surface area contributed by atoms with E-state index < -0.39 is 0 Å². The molecule has 1 aromatic rings. The zero-order chi connectivity index (χ0) is 11.4. The second-order valence-corrected chi connectivity index (χ2v) is 4.37. The molecule has 0 bridgehead atoms. The summed E-state index contributed by atoms with van der Waals surface area (Å²) in [6.07, 6.45) is 3.09. The molecule has 1 atom stereocenters. The molecule has 0 amide bonds. The van der Waals surface area contributed by atoms with Crippen LogP contribution < -0.4 is 5.32 Å². The molecule has 2 rings (SSSR count). The van der Waals surface area contributed by atoms with E-state index in [4.69, 9.17) is 0 Å². The Hall–Kier alpha value is -1.00. The van der Waals surface area contributed by atoms with Crippen LogP contribution in [0, 0.1) is 6.92 Å². The third-order valence-electron chi connectivity index (χ3n) is 2.98. The molecule has 1 aromatic heterocycles. The molecule has 0 aliphatic carbocycles. The van der Waals surface area contributed by atoms with Crippen LogP contribution in [-0.2, 0) is 6.54 Å². The first-order valence-electron chi connectivity index (χ1n) is 6.02. The van der Waals surface area contributed by atoms with E-state index in [0.29, 0.717) is 6.04 Å². The first-order chi connectivity index (χ1) is 7.78. The fourth-order valence-electron chi connectivity index (χ4n) is 2.25. The third-order valence-corrected chi connectivity index (χ3v) is 2.98. The van der Waals surface area contributed by atoms with Crippen molar-refractivity contribution in [3.63, 3.8) is 0 Å². The molecule has 1 aliphatic heterocycles. The molecule has 1 saturated heterocycles. The van der Waals surface area contributed by atoms with Crippen LogP contribution in [0.25, 0.3) is 0 Å². The summed E-state index contributed by atoms with van der Waals surface area (Å²) in [7, 11) is 0. The highest BCUT2D eigenvalue weighted by molar-refractivity contribution is 5.02. The van der Waals surface area contributed by atoms with E-state index in [9.17, 15) is 0 Å². The van der Waals surface area contributed by atoms with Gasteiger partial charge in [0.2, 0.25) is 0 Å². The van der Waals surface area contributed by atoms with Gasteiger partial charge in [-0.25, -0.2) is 9.97 Å². The Morgan fingerprint density at radius 3 is 3.19 bits per heavy atom. The van der Waals surface area contributed by atoms with Crippen LogP contribution in [-0.4, -0.2) is 40.5 Å². The lowest BCUT2D eigenvalue weighted by molar-refractivity contribution is 0.316. The Labute approximate surface area is 97.1 Å². The molecule has 2 heterocycles. The fourth-order valence-corrected chi connectivity index (χ4v) is 2.25. The molecule has 0 radical (unpaired) electrons. The minimum Gasteiger partial charge on any atom is -0.313 e. The molecule has 0 spiro atoms. The van der Waals surface area contributed by atoms with Gasteiger partial charge in [0.05, 0.1) is 5.69 Å². The summed E-state index contributed by atoms with van der Waals surface area (Å²) in [4.78, 5) is 11.0. The minimum absolute atomic E-state index is 0.660. The van der Waals surface area contributed by atoms with Crippen molar-refractivity contribution in [3.05, 3.63) is 23.8 Å². The average molecular weight is 220 g/mol. The van der Waals surface area contributed by atoms with Gasteiger partial charge in [-0.3, -0.25) is 4.90 Å². The summed E-state index contributed by atoms with van der Waals surface area (Å²) in [5.41, 5.74) is 1.13. The van der Waals surface area contributed by atoms with Gasteiger partial charge in [-0.1, -0.05) is 6.92 Å². The first-order valence-corrected chi connectivity index (χ1v) is 6.02. The normalized spacial score (nSPS) is 21.5. The predicted molar refractivity (Wildman–Crippen MR) is 64.1 cm³/mol. The molecule has 1 aliphatic rings. The average Bonchev–Trinajstić information content (AvgIpc) is 2.66. The van der Waals surface area contributed by atoms with Crippen molar-refractivity contribution in [3.8, 4) is 0 Å². The van der Waals surface area contributed by atoms with Gasteiger partial charge >= 0.3 is 0 Å². The predicted octanol–water partition coefficient (Wildman–Crippen LogP) is 0.969. The van der Waals surface area contributed by atoms with Crippen molar-refractivity contribution in [1.29, 1.82) is 0 Å². The number of aryl methyl sites for hydroxylation is 1. The Bertz CT molecular complexity index is 340. The summed E-state index contributed by atoms with van der Waals surface area (Å²) in [5.74, 6) is 0.861. The molecule has 1 fully saturated rings. The van der Waals surface area contributed by atoms with Crippen LogP contribution in [0.2, 0.25) is 0 Å². The van der Waals surface area contributed by atoms with Crippen molar-refractivity contribution in [2.24, 2.45) is 0 Å². The maximum atomic E-state index is 4.43. The number of nitrogens with one attached hydrogen (secondary N) is 1. The van der Waals surface area contributed by atoms with Crippen molar-refractivity contribution in [1.82, 2.24) is 20.2 Å². The van der Waals surface area contributed by atoms with Crippen LogP contribution in [0.4, 0.5) is 0 Å². The molecule has 0 saturated carbocycles. The summed E-state index contributed by atoms with van der Waals surface area (Å²) in [6.45, 7) is 8.42. The van der Waals surface area contributed by atoms with Crippen LogP contribution in [0.3, 0.4) is 0 Å². The molecule has 0 aromatic carbocycles. The highest BCUT2D eigenvalue weighted by Gasteiger charge is 2.21. The van der Waals surface area contributed by atoms with Gasteiger partial charge in [-0.2, -0.15) is 0 Å². The van der Waals surface area contributed by atoms with E-state index in [1.165, 1.54) is 13.0 Å². The maximum Gasteiger partial charge on any atom is 0.125 e. The van der Waals surface area contributed by atoms with Gasteiger partial charge in [-0.05, 0) is 26.0 Å². The Balaban J connectivity index is 1.87. The molecular formula is C12H20N4. The number of nitrogens with zero attached hydrogens (tertiary/aromatic N) is 3. The van der Waals surface area contributed by atoms with Crippen LogP contribution >= 0.6 is 0 Å². The van der Waals surface area contributed by atoms with Crippen molar-refractivity contribution in [2.45, 2.75) is 32.9 Å². The number of likely N-dealkylation sites (tertiary alicyclic amines) is 1. The Kier molecular flexibility index (Phi) is 3.85. The summed E-state index contributed by atoms with van der Waals surface area (Å²) < 4.78 is 0. The summed E-state index contributed by atoms with van der Waals surface area (Å²) in [6, 6.07) is 2.67. The van der Waals surface area contributed by atoms with Gasteiger partial charge < -0.3 is 5.32 Å². The highest BCUT2D eigenvalue weighted by atomic mass is 15.2. The van der Waals surface area contributed by atoms with Crippen molar-refractivity contribution in [2.75, 3.05) is 19.6 Å². The largest absolute Gasteiger partial charge is 0.313 e. The molecule has 88 valence electrons. The molecule has 1 unspecified atom stereocenters. The number of likely N-dealkylation sites (N-methyl/N-ethyl adjacent to an activating group) is 1. The van der Waals surface area contributed by atoms with Gasteiger partial charge in [0, 0.05) is 31.9 Å². The van der Waals surface area contributed by atoms with E-state index in [1.54, 1.807) is 0 Å². The second-order valence-electron chi connectivity index (χ2n) is 4.37. The van der Waals surface area contributed by atoms with E-state index in [-0.39, 0.29) is 0 Å². The van der Waals surface area contributed by atoms with E-state index >= 15 is 0 Å². The van der Waals surface area contributed by atoms with Gasteiger partial charge in [-0.15, -0.1) is 0 Å². The third kappa shape index (κ3) is 3.00. The molecule has 4 heteroatoms. The number of hydrogen-bond donors (Lipinski definition) is 1. The Morgan fingerprint density at radius 1 is 1.56 bits per heavy atom. The topological polar surface area (TPSA) is 41.0 Å². The standard InChI is InChI=1S/C12H20N4/c1-3-13-11-5-7-16(8-11)9-12-4-6-14-10(2)15-12/h4,6,11,13H,3,5,7-9H2,1-2H3. The van der Waals surface area contributed by atoms with Crippen molar-refractivity contribution < 1.29 is 0 Å². The van der Waals surface area contributed by atoms with Crippen molar-refractivity contribution >= 4 is 0 Å². The van der Waals surface area contributed by atoms with Crippen LogP contribution in [0.1, 0.15) is 24.9 Å². The molecular weight excluding hydrogens is 200 g/mol. The summed E-state index contributed by atoms with van der Waals surface area (Å²) in [5, 5.41) is 3.50. The lowest BCUT2D eigenvalue weighted by atomic mass is 10.3. The van der Waals surface area contributed by atoms with E-state index in [2.05, 4.69) is 27.1 Å². The maximum absolute atomic E-state index is 4.43. The summed E-state index contributed by atoms with van der Waals surface area (Å²) >= 11 is 0. The van der Waals surface area contributed by atoms with Crippen LogP contribution in [0.15, 0.2) is 12.3 Å². The van der Waals surface area contributed by atoms with Gasteiger partial charge in [0.25, 0.3) is 0 Å². The van der Waals surface area contributed by atoms with Gasteiger partial charge in [0.1, 0.15) is 5.82 Å². The zero-order valence-electron chi connectivity index (χ0n) is 10.1. The smallest absolute Gasteiger partial charge is 0.125 e. The quantitative estimate of drug-likeness (QED) is 0.821. The van der Waals surface area contributed by atoms with Crippen LogP contribution in [0.5, 0.6) is 0 Å². The Morgan fingerprint density at radius 2 is 2.44 bits per heavy atom. The lowest BCUT2D eigenvalue weighted by Crippen LogP contribution is -2.32. The molecule has 4 nitrogen and oxygen atoms in total. The number of rotatable bonds is 4. The lowest BCUT2D eigenvalue weighted by Gasteiger charge is -2.15. The monoisotopic (exact) mass is 220 g/mol. The van der Waals surface area contributed by atoms with Gasteiger partial charge in [0.15, 0.2) is 0 Å². The number of aromatic nitrogens is 2. The number of hydrogen-bond acceptors (Lipinski definition) is 4.